The van der Waals surface area contributed by atoms with Crippen LogP contribution in [-0.4, -0.2) is 17.3 Å². The van der Waals surface area contributed by atoms with E-state index in [4.69, 9.17) is 5.11 Å². The van der Waals surface area contributed by atoms with Crippen LogP contribution in [0.4, 0.5) is 17.6 Å². The Morgan fingerprint density at radius 2 is 1.89 bits per heavy atom. The highest BCUT2D eigenvalue weighted by Crippen LogP contribution is 2.37. The zero-order valence-corrected chi connectivity index (χ0v) is 9.54. The first-order valence-corrected chi connectivity index (χ1v) is 5.25. The molecule has 6 heteroatoms. The SMILES string of the molecule is CC(Cc1ccccc1C(F)C(F)(F)F)C(=O)O. The molecule has 0 radical (unpaired) electrons. The maximum Gasteiger partial charge on any atom is 0.423 e. The normalized spacial score (nSPS) is 15.2. The van der Waals surface area contributed by atoms with Gasteiger partial charge >= 0.3 is 12.1 Å². The minimum Gasteiger partial charge on any atom is -0.481 e. The summed E-state index contributed by atoms with van der Waals surface area (Å²) < 4.78 is 50.2. The minimum absolute atomic E-state index is 0.0669. The van der Waals surface area contributed by atoms with E-state index in [2.05, 4.69) is 0 Å². The molecule has 0 aliphatic rings. The van der Waals surface area contributed by atoms with Crippen molar-refractivity contribution in [3.63, 3.8) is 0 Å². The summed E-state index contributed by atoms with van der Waals surface area (Å²) in [5.74, 6) is -2.00. The molecule has 0 aromatic heterocycles. The molecular formula is C12H12F4O2. The van der Waals surface area contributed by atoms with Gasteiger partial charge in [-0.05, 0) is 17.5 Å². The van der Waals surface area contributed by atoms with Gasteiger partial charge in [-0.15, -0.1) is 0 Å². The number of hydrogen-bond acceptors (Lipinski definition) is 1. The zero-order valence-electron chi connectivity index (χ0n) is 9.54. The van der Waals surface area contributed by atoms with Crippen molar-refractivity contribution in [2.75, 3.05) is 0 Å². The van der Waals surface area contributed by atoms with Gasteiger partial charge < -0.3 is 5.11 Å². The molecule has 2 nitrogen and oxygen atoms in total. The fourth-order valence-corrected chi connectivity index (χ4v) is 1.56. The number of hydrogen-bond donors (Lipinski definition) is 1. The van der Waals surface area contributed by atoms with Crippen LogP contribution in [0.2, 0.25) is 0 Å². The Labute approximate surface area is 101 Å². The lowest BCUT2D eigenvalue weighted by molar-refractivity contribution is -0.183. The molecule has 2 unspecified atom stereocenters. The Hall–Kier alpha value is -1.59. The van der Waals surface area contributed by atoms with E-state index < -0.39 is 29.8 Å². The van der Waals surface area contributed by atoms with E-state index in [-0.39, 0.29) is 12.0 Å². The number of rotatable bonds is 4. The molecule has 1 aromatic carbocycles. The van der Waals surface area contributed by atoms with Gasteiger partial charge in [-0.1, -0.05) is 31.2 Å². The first-order valence-electron chi connectivity index (χ1n) is 5.25. The average Bonchev–Trinajstić information content (AvgIpc) is 2.27. The van der Waals surface area contributed by atoms with Crippen molar-refractivity contribution in [1.29, 1.82) is 0 Å². The Morgan fingerprint density at radius 3 is 2.39 bits per heavy atom. The molecule has 0 bridgehead atoms. The largest absolute Gasteiger partial charge is 0.481 e. The molecule has 0 heterocycles. The van der Waals surface area contributed by atoms with E-state index in [9.17, 15) is 22.4 Å². The van der Waals surface area contributed by atoms with Crippen molar-refractivity contribution in [3.8, 4) is 0 Å². The summed E-state index contributed by atoms with van der Waals surface area (Å²) in [4.78, 5) is 10.7. The number of alkyl halides is 4. The molecule has 18 heavy (non-hydrogen) atoms. The van der Waals surface area contributed by atoms with Crippen molar-refractivity contribution < 1.29 is 27.5 Å². The second-order valence-corrected chi connectivity index (χ2v) is 4.05. The first kappa shape index (κ1) is 14.5. The van der Waals surface area contributed by atoms with Gasteiger partial charge in [0.2, 0.25) is 6.17 Å². The smallest absolute Gasteiger partial charge is 0.423 e. The highest BCUT2D eigenvalue weighted by molar-refractivity contribution is 5.70. The van der Waals surface area contributed by atoms with Crippen molar-refractivity contribution in [1.82, 2.24) is 0 Å². The van der Waals surface area contributed by atoms with Crippen molar-refractivity contribution in [3.05, 3.63) is 35.4 Å². The van der Waals surface area contributed by atoms with Gasteiger partial charge in [0.05, 0.1) is 5.92 Å². The predicted octanol–water partition coefficient (Wildman–Crippen LogP) is 3.52. The van der Waals surface area contributed by atoms with Crippen LogP contribution in [0.15, 0.2) is 24.3 Å². The molecule has 0 aliphatic carbocycles. The number of halogens is 4. The summed E-state index contributed by atoms with van der Waals surface area (Å²) in [6.07, 6.45) is -8.21. The summed E-state index contributed by atoms with van der Waals surface area (Å²) in [5, 5.41) is 8.72. The van der Waals surface area contributed by atoms with E-state index in [1.807, 2.05) is 0 Å². The van der Waals surface area contributed by atoms with Gasteiger partial charge in [0.1, 0.15) is 0 Å². The van der Waals surface area contributed by atoms with Gasteiger partial charge in [0.25, 0.3) is 0 Å². The lowest BCUT2D eigenvalue weighted by atomic mass is 9.94. The average molecular weight is 264 g/mol. The lowest BCUT2D eigenvalue weighted by Crippen LogP contribution is -2.20. The Kier molecular flexibility index (Phi) is 4.32. The van der Waals surface area contributed by atoms with E-state index in [0.717, 1.165) is 6.07 Å². The Balaban J connectivity index is 3.03. The van der Waals surface area contributed by atoms with E-state index in [1.54, 1.807) is 0 Å². The molecule has 1 rings (SSSR count). The third kappa shape index (κ3) is 3.45. The second-order valence-electron chi connectivity index (χ2n) is 4.05. The van der Waals surface area contributed by atoms with Crippen LogP contribution in [-0.2, 0) is 11.2 Å². The molecule has 2 atom stereocenters. The number of carbonyl (C=O) groups is 1. The molecule has 0 saturated carbocycles. The van der Waals surface area contributed by atoms with Crippen molar-refractivity contribution in [2.45, 2.75) is 25.7 Å². The number of benzene rings is 1. The van der Waals surface area contributed by atoms with Gasteiger partial charge in [-0.25, -0.2) is 4.39 Å². The fraction of sp³-hybridized carbons (Fsp3) is 0.417. The maximum absolute atomic E-state index is 13.3. The highest BCUT2D eigenvalue weighted by atomic mass is 19.4. The van der Waals surface area contributed by atoms with Crippen molar-refractivity contribution >= 4 is 5.97 Å². The third-order valence-electron chi connectivity index (χ3n) is 2.56. The maximum atomic E-state index is 13.3. The van der Waals surface area contributed by atoms with E-state index in [0.29, 0.717) is 0 Å². The van der Waals surface area contributed by atoms with Crippen LogP contribution in [0.3, 0.4) is 0 Å². The second kappa shape index (κ2) is 5.37. The van der Waals surface area contributed by atoms with Gasteiger partial charge in [0.15, 0.2) is 0 Å². The molecular weight excluding hydrogens is 252 g/mol. The minimum atomic E-state index is -4.98. The van der Waals surface area contributed by atoms with Gasteiger partial charge in [-0.3, -0.25) is 4.79 Å². The van der Waals surface area contributed by atoms with Gasteiger partial charge in [-0.2, -0.15) is 13.2 Å². The fourth-order valence-electron chi connectivity index (χ4n) is 1.56. The van der Waals surface area contributed by atoms with Crippen LogP contribution in [0.5, 0.6) is 0 Å². The molecule has 0 spiro atoms. The van der Waals surface area contributed by atoms with Crippen LogP contribution in [0.25, 0.3) is 0 Å². The monoisotopic (exact) mass is 264 g/mol. The first-order chi connectivity index (χ1) is 8.23. The van der Waals surface area contributed by atoms with Crippen LogP contribution >= 0.6 is 0 Å². The number of aliphatic carboxylic acids is 1. The van der Waals surface area contributed by atoms with Crippen LogP contribution < -0.4 is 0 Å². The third-order valence-corrected chi connectivity index (χ3v) is 2.56. The highest BCUT2D eigenvalue weighted by Gasteiger charge is 2.42. The molecule has 0 fully saturated rings. The molecule has 0 aliphatic heterocycles. The zero-order chi connectivity index (χ0) is 13.9. The topological polar surface area (TPSA) is 37.3 Å². The molecule has 0 amide bonds. The Bertz CT molecular complexity index is 428. The van der Waals surface area contributed by atoms with Crippen LogP contribution in [0, 0.1) is 5.92 Å². The summed E-state index contributed by atoms with van der Waals surface area (Å²) >= 11 is 0. The van der Waals surface area contributed by atoms with Crippen LogP contribution in [0.1, 0.15) is 24.2 Å². The number of carboxylic acid groups (broad SMARTS) is 1. The Morgan fingerprint density at radius 1 is 1.33 bits per heavy atom. The molecule has 100 valence electrons. The van der Waals surface area contributed by atoms with Crippen molar-refractivity contribution in [2.24, 2.45) is 5.92 Å². The quantitative estimate of drug-likeness (QED) is 0.845. The summed E-state index contributed by atoms with van der Waals surface area (Å²) in [7, 11) is 0. The van der Waals surface area contributed by atoms with E-state index in [1.165, 1.54) is 25.1 Å². The molecule has 0 saturated heterocycles. The van der Waals surface area contributed by atoms with Gasteiger partial charge in [0, 0.05) is 0 Å². The summed E-state index contributed by atoms with van der Waals surface area (Å²) in [5.41, 5.74) is -0.449. The summed E-state index contributed by atoms with van der Waals surface area (Å²) in [6, 6.07) is 5.09. The summed E-state index contributed by atoms with van der Waals surface area (Å²) in [6.45, 7) is 1.36. The lowest BCUT2D eigenvalue weighted by Gasteiger charge is -2.17. The molecule has 1 N–H and O–H groups in total. The number of carboxylic acids is 1. The standard InChI is InChI=1S/C12H12F4O2/c1-7(11(17)18)6-8-4-2-3-5-9(8)10(13)12(14,15)16/h2-5,7,10H,6H2,1H3,(H,17,18). The molecule has 1 aromatic rings. The predicted molar refractivity (Wildman–Crippen MR) is 56.8 cm³/mol. The van der Waals surface area contributed by atoms with E-state index >= 15 is 0 Å².